The number of benzene rings is 3. The van der Waals surface area contributed by atoms with Crippen molar-refractivity contribution >= 4 is 17.7 Å². The molecule has 0 radical (unpaired) electrons. The van der Waals surface area contributed by atoms with Crippen molar-refractivity contribution in [3.8, 4) is 28.8 Å². The van der Waals surface area contributed by atoms with Gasteiger partial charge in [-0.1, -0.05) is 48.6 Å². The number of nitrogens with zero attached hydrogens (tertiary/aromatic N) is 3. The van der Waals surface area contributed by atoms with Crippen LogP contribution in [-0.2, 0) is 4.79 Å². The number of hydrogen-bond acceptors (Lipinski definition) is 4. The third-order valence-corrected chi connectivity index (χ3v) is 5.54. The number of aromatic nitrogens is 2. The van der Waals surface area contributed by atoms with Gasteiger partial charge < -0.3 is 10.1 Å². The van der Waals surface area contributed by atoms with Crippen LogP contribution in [0.3, 0.4) is 0 Å². The summed E-state index contributed by atoms with van der Waals surface area (Å²) in [7, 11) is 0. The van der Waals surface area contributed by atoms with Gasteiger partial charge in [-0.15, -0.1) is 0 Å². The molecule has 4 rings (SSSR count). The first kappa shape index (κ1) is 24.2. The lowest BCUT2D eigenvalue weighted by Gasteiger charge is -2.09. The molecule has 0 atom stereocenters. The molecule has 178 valence electrons. The Kier molecular flexibility index (Phi) is 7.42. The molecule has 0 saturated heterocycles. The third-order valence-electron chi connectivity index (χ3n) is 5.54. The number of nitriles is 1. The van der Waals surface area contributed by atoms with Gasteiger partial charge in [-0.25, -0.2) is 4.68 Å². The molecular weight excluding hydrogens is 448 g/mol. The number of carbonyl (C=O) groups is 1. The molecule has 6 heteroatoms. The Hall–Kier alpha value is -4.89. The smallest absolute Gasteiger partial charge is 0.266 e. The number of para-hydroxylation sites is 1. The maximum atomic E-state index is 12.9. The highest BCUT2D eigenvalue weighted by molar-refractivity contribution is 6.10. The highest BCUT2D eigenvalue weighted by atomic mass is 16.5. The summed E-state index contributed by atoms with van der Waals surface area (Å²) in [5, 5.41) is 17.4. The molecule has 3 aromatic carbocycles. The van der Waals surface area contributed by atoms with E-state index in [9.17, 15) is 10.1 Å². The molecule has 0 spiro atoms. The molecule has 1 heterocycles. The van der Waals surface area contributed by atoms with Crippen molar-refractivity contribution in [1.82, 2.24) is 9.78 Å². The van der Waals surface area contributed by atoms with E-state index in [2.05, 4.69) is 11.9 Å². The molecule has 0 aliphatic carbocycles. The van der Waals surface area contributed by atoms with E-state index >= 15 is 0 Å². The topological polar surface area (TPSA) is 79.9 Å². The minimum absolute atomic E-state index is 0.0212. The van der Waals surface area contributed by atoms with Crippen molar-refractivity contribution < 1.29 is 9.53 Å². The van der Waals surface area contributed by atoms with E-state index in [0.717, 1.165) is 28.1 Å². The Morgan fingerprint density at radius 3 is 2.53 bits per heavy atom. The molecule has 36 heavy (non-hydrogen) atoms. The largest absolute Gasteiger partial charge is 0.489 e. The van der Waals surface area contributed by atoms with Crippen molar-refractivity contribution in [1.29, 1.82) is 5.26 Å². The van der Waals surface area contributed by atoms with Gasteiger partial charge in [0, 0.05) is 23.0 Å². The fourth-order valence-corrected chi connectivity index (χ4v) is 3.68. The fraction of sp³-hybridized carbons (Fsp3) is 0.100. The number of rotatable bonds is 8. The van der Waals surface area contributed by atoms with Crippen LogP contribution in [0.25, 0.3) is 23.0 Å². The second-order valence-corrected chi connectivity index (χ2v) is 8.28. The first-order valence-corrected chi connectivity index (χ1v) is 11.5. The van der Waals surface area contributed by atoms with Crippen molar-refractivity contribution in [2.24, 2.45) is 0 Å². The lowest BCUT2D eigenvalue weighted by atomic mass is 10.0. The summed E-state index contributed by atoms with van der Waals surface area (Å²) in [6, 6.07) is 24.9. The summed E-state index contributed by atoms with van der Waals surface area (Å²) in [5.41, 5.74) is 5.63. The van der Waals surface area contributed by atoms with E-state index in [-0.39, 0.29) is 5.57 Å². The number of carbonyl (C=O) groups excluding carboxylic acids is 1. The van der Waals surface area contributed by atoms with Crippen molar-refractivity contribution in [3.63, 3.8) is 0 Å². The van der Waals surface area contributed by atoms with Crippen LogP contribution in [0.4, 0.5) is 5.69 Å². The Morgan fingerprint density at radius 1 is 1.11 bits per heavy atom. The quantitative estimate of drug-likeness (QED) is 0.185. The maximum Gasteiger partial charge on any atom is 0.266 e. The van der Waals surface area contributed by atoms with E-state index in [1.165, 1.54) is 0 Å². The van der Waals surface area contributed by atoms with Crippen molar-refractivity contribution in [3.05, 3.63) is 114 Å². The zero-order valence-electron chi connectivity index (χ0n) is 20.2. The van der Waals surface area contributed by atoms with Crippen LogP contribution < -0.4 is 10.1 Å². The number of nitrogens with one attached hydrogen (secondary N) is 1. The number of ether oxygens (including phenoxy) is 1. The van der Waals surface area contributed by atoms with E-state index < -0.39 is 5.91 Å². The zero-order valence-corrected chi connectivity index (χ0v) is 20.2. The predicted molar refractivity (Wildman–Crippen MR) is 143 cm³/mol. The summed E-state index contributed by atoms with van der Waals surface area (Å²) < 4.78 is 7.45. The summed E-state index contributed by atoms with van der Waals surface area (Å²) in [5.74, 6) is 0.276. The number of amides is 1. The van der Waals surface area contributed by atoms with Gasteiger partial charge in [-0.2, -0.15) is 10.4 Å². The van der Waals surface area contributed by atoms with Crippen LogP contribution in [0.2, 0.25) is 0 Å². The molecular formula is C30H26N4O2. The molecule has 0 bridgehead atoms. The van der Waals surface area contributed by atoms with E-state index in [1.54, 1.807) is 29.0 Å². The average Bonchev–Trinajstić information content (AvgIpc) is 3.32. The van der Waals surface area contributed by atoms with Gasteiger partial charge in [-0.3, -0.25) is 4.79 Å². The van der Waals surface area contributed by atoms with Crippen LogP contribution >= 0.6 is 0 Å². The molecule has 0 saturated carbocycles. The SMILES string of the molecule is C=CCOc1ccc(-c2nn(-c3ccccc3)cc2C=C(C#N)C(=O)Nc2ccc(C)cc2)cc1C. The lowest BCUT2D eigenvalue weighted by molar-refractivity contribution is -0.112. The second kappa shape index (κ2) is 11.0. The lowest BCUT2D eigenvalue weighted by Crippen LogP contribution is -2.13. The Morgan fingerprint density at radius 2 is 1.86 bits per heavy atom. The summed E-state index contributed by atoms with van der Waals surface area (Å²) in [4.78, 5) is 12.9. The maximum absolute atomic E-state index is 12.9. The highest BCUT2D eigenvalue weighted by Gasteiger charge is 2.16. The predicted octanol–water partition coefficient (Wildman–Crippen LogP) is 6.27. The zero-order chi connectivity index (χ0) is 25.5. The van der Waals surface area contributed by atoms with Crippen LogP contribution in [-0.4, -0.2) is 22.3 Å². The van der Waals surface area contributed by atoms with Gasteiger partial charge in [0.15, 0.2) is 0 Å². The molecule has 0 fully saturated rings. The summed E-state index contributed by atoms with van der Waals surface area (Å²) in [6.07, 6.45) is 5.09. The van der Waals surface area contributed by atoms with E-state index in [1.807, 2.05) is 86.8 Å². The van der Waals surface area contributed by atoms with Gasteiger partial charge in [0.05, 0.1) is 5.69 Å². The Balaban J connectivity index is 1.74. The summed E-state index contributed by atoms with van der Waals surface area (Å²) in [6.45, 7) is 8.04. The molecule has 1 amide bonds. The average molecular weight is 475 g/mol. The fourth-order valence-electron chi connectivity index (χ4n) is 3.68. The monoisotopic (exact) mass is 474 g/mol. The van der Waals surface area contributed by atoms with Gasteiger partial charge in [0.25, 0.3) is 5.91 Å². The summed E-state index contributed by atoms with van der Waals surface area (Å²) >= 11 is 0. The molecule has 0 aliphatic rings. The second-order valence-electron chi connectivity index (χ2n) is 8.28. The minimum Gasteiger partial charge on any atom is -0.489 e. The van der Waals surface area contributed by atoms with Crippen LogP contribution in [0.15, 0.2) is 97.2 Å². The van der Waals surface area contributed by atoms with Crippen LogP contribution in [0.5, 0.6) is 5.75 Å². The number of aryl methyl sites for hydroxylation is 2. The standard InChI is InChI=1S/C30H26N4O2/c1-4-16-36-28-15-12-23(17-22(28)3)29-25(20-34(33-29)27-8-6-5-7-9-27)18-24(19-31)30(35)32-26-13-10-21(2)11-14-26/h4-15,17-18,20H,1,16H2,2-3H3,(H,32,35). The minimum atomic E-state index is -0.482. The number of hydrogen-bond donors (Lipinski definition) is 1. The normalized spacial score (nSPS) is 11.0. The van der Waals surface area contributed by atoms with Crippen LogP contribution in [0, 0.1) is 25.2 Å². The van der Waals surface area contributed by atoms with Crippen molar-refractivity contribution in [2.45, 2.75) is 13.8 Å². The molecule has 1 aromatic heterocycles. The molecule has 1 N–H and O–H groups in total. The number of anilines is 1. The molecule has 0 unspecified atom stereocenters. The molecule has 6 nitrogen and oxygen atoms in total. The van der Waals surface area contributed by atoms with E-state index in [0.29, 0.717) is 23.6 Å². The van der Waals surface area contributed by atoms with Gasteiger partial charge in [-0.05, 0) is 68.0 Å². The van der Waals surface area contributed by atoms with Gasteiger partial charge in [0.1, 0.15) is 29.7 Å². The molecule has 4 aromatic rings. The first-order chi connectivity index (χ1) is 17.5. The highest BCUT2D eigenvalue weighted by Crippen LogP contribution is 2.30. The first-order valence-electron chi connectivity index (χ1n) is 11.5. The van der Waals surface area contributed by atoms with E-state index in [4.69, 9.17) is 9.84 Å². The Bertz CT molecular complexity index is 1460. The van der Waals surface area contributed by atoms with Gasteiger partial charge in [0.2, 0.25) is 0 Å². The van der Waals surface area contributed by atoms with Crippen molar-refractivity contribution in [2.75, 3.05) is 11.9 Å². The molecule has 0 aliphatic heterocycles. The van der Waals surface area contributed by atoms with Crippen LogP contribution in [0.1, 0.15) is 16.7 Å². The Labute approximate surface area is 210 Å². The third kappa shape index (κ3) is 5.60. The van der Waals surface area contributed by atoms with Gasteiger partial charge >= 0.3 is 0 Å².